The molecule has 17 nitrogen and oxygen atoms in total. The molecule has 19 heteroatoms. The Morgan fingerprint density at radius 1 is 0.821 bits per heavy atom. The van der Waals surface area contributed by atoms with Crippen LogP contribution in [0.25, 0.3) is 0 Å². The number of ether oxygens (including phenoxy) is 5. The van der Waals surface area contributed by atoms with E-state index in [-0.39, 0.29) is 0 Å². The minimum atomic E-state index is -1.89. The zero-order valence-corrected chi connectivity index (χ0v) is 31.7. The monoisotopic (exact) mass is 828 g/mol. The van der Waals surface area contributed by atoms with Crippen LogP contribution in [0.15, 0.2) is 94.3 Å². The molecule has 4 saturated heterocycles. The van der Waals surface area contributed by atoms with Crippen LogP contribution in [0, 0.1) is 0 Å². The van der Waals surface area contributed by atoms with E-state index in [2.05, 4.69) is 0 Å². The van der Waals surface area contributed by atoms with Gasteiger partial charge in [-0.15, -0.1) is 0 Å². The number of nitrogens with zero attached hydrogens (tertiary/aromatic N) is 1. The fourth-order valence-corrected chi connectivity index (χ4v) is 6.25. The molecule has 0 aromatic rings. The molecule has 4 aliphatic heterocycles. The van der Waals surface area contributed by atoms with Crippen molar-refractivity contribution in [2.24, 2.45) is 5.73 Å². The summed E-state index contributed by atoms with van der Waals surface area (Å²) in [7, 11) is 0. The number of Topliss-reactive ketones (excluding diaryl/α,β-unsaturated/α-hetero) is 1. The molecule has 308 valence electrons. The number of aliphatic hydroxyl groups is 7. The molecular formula is C37H46Cl2N2O15. The Hall–Kier alpha value is -3.53. The van der Waals surface area contributed by atoms with E-state index in [4.69, 9.17) is 52.6 Å². The van der Waals surface area contributed by atoms with Crippen molar-refractivity contribution in [1.29, 1.82) is 0 Å². The van der Waals surface area contributed by atoms with Gasteiger partial charge in [-0.3, -0.25) is 19.3 Å². The van der Waals surface area contributed by atoms with Crippen LogP contribution < -0.4 is 5.73 Å². The molecule has 1 unspecified atom stereocenters. The number of primary amides is 1. The van der Waals surface area contributed by atoms with Crippen molar-refractivity contribution < 1.29 is 73.8 Å². The predicted octanol–water partition coefficient (Wildman–Crippen LogP) is -0.107. The van der Waals surface area contributed by atoms with Gasteiger partial charge in [0.25, 0.3) is 5.91 Å². The molecule has 4 fully saturated rings. The molecule has 4 rings (SSSR count). The number of likely N-dealkylation sites (tertiary alicyclic amines) is 1. The van der Waals surface area contributed by atoms with E-state index in [1.54, 1.807) is 61.6 Å². The van der Waals surface area contributed by atoms with E-state index in [0.717, 1.165) is 11.0 Å². The van der Waals surface area contributed by atoms with Crippen molar-refractivity contribution in [3.05, 3.63) is 94.3 Å². The third-order valence-corrected chi connectivity index (χ3v) is 9.34. The van der Waals surface area contributed by atoms with E-state index in [1.165, 1.54) is 19.1 Å². The number of nitrogens with two attached hydrogens (primary N) is 1. The summed E-state index contributed by atoms with van der Waals surface area (Å²) in [5.74, 6) is -3.88. The number of hydrogen-bond acceptors (Lipinski definition) is 15. The SMILES string of the molecule is C/C(Cl)=C/C=C/C(Cl)=C/C=C/C=C/C=C/C=C/C(O)=C1\C(=O)[C@H](CC(N)=O)N(C2OC[C@@H](O)[C@@H](O)[C@@H]2O[C@@H]2OC[C@@H](O[C@@H]3O[C@H](C)[C@@H](O)[C@@H]3O)[C@H](O)[C@@H]2O)C1=O. The topological polar surface area (TPSA) is 268 Å². The van der Waals surface area contributed by atoms with E-state index >= 15 is 0 Å². The Labute approximate surface area is 332 Å². The van der Waals surface area contributed by atoms with Crippen molar-refractivity contribution in [1.82, 2.24) is 4.90 Å². The Bertz CT molecular complexity index is 1670. The number of halogens is 2. The van der Waals surface area contributed by atoms with E-state index in [1.807, 2.05) is 0 Å². The number of carbonyl (C=O) groups is 3. The van der Waals surface area contributed by atoms with Crippen LogP contribution in [0.5, 0.6) is 0 Å². The van der Waals surface area contributed by atoms with Crippen LogP contribution in [0.2, 0.25) is 0 Å². The number of amides is 2. The average Bonchev–Trinajstić information content (AvgIpc) is 3.52. The summed E-state index contributed by atoms with van der Waals surface area (Å²) in [5, 5.41) is 75.2. The first kappa shape index (κ1) is 45.2. The fraction of sp³-hybridized carbons (Fsp3) is 0.486. The minimum Gasteiger partial charge on any atom is -0.507 e. The Kier molecular flexibility index (Phi) is 16.7. The Balaban J connectivity index is 1.48. The largest absolute Gasteiger partial charge is 0.507 e. The van der Waals surface area contributed by atoms with Gasteiger partial charge in [-0.2, -0.15) is 0 Å². The molecule has 0 saturated carbocycles. The van der Waals surface area contributed by atoms with Gasteiger partial charge in [-0.25, -0.2) is 0 Å². The van der Waals surface area contributed by atoms with E-state index in [9.17, 15) is 50.1 Å². The van der Waals surface area contributed by atoms with Gasteiger partial charge in [-0.1, -0.05) is 71.8 Å². The lowest BCUT2D eigenvalue weighted by Crippen LogP contribution is -2.65. The summed E-state index contributed by atoms with van der Waals surface area (Å²) >= 11 is 11.8. The number of rotatable bonds is 14. The maximum absolute atomic E-state index is 13.8. The van der Waals surface area contributed by atoms with Crippen molar-refractivity contribution in [2.45, 2.75) is 100 Å². The minimum absolute atomic E-state index is 0.464. The standard InChI is InChI=1S/C37H46Cl2N2O15/c1-18(38)11-10-13-20(39)12-8-6-4-3-5-7-9-14-22(42)26-28(46)21(15-25(40)44)41(34(26)51)35-33(29(47)23(43)16-52-35)56-36-32(50)30(48)24(17-53-36)55-37-31(49)27(45)19(2)54-37/h3-14,19,21,23-24,27,29-33,35-37,42-43,45,47-50H,15-17H2,1-2H3,(H2,40,44)/b4-3+,7-5+,8-6+,13-10+,14-9+,18-11-,20-12-,26-22-/t19-,21+,23-,24-,27-,29-,30+,31+,32+,33+,35?,36+,37+/m1/s1. The van der Waals surface area contributed by atoms with Crippen molar-refractivity contribution >= 4 is 40.8 Å². The third kappa shape index (κ3) is 11.3. The number of ketones is 1. The summed E-state index contributed by atoms with van der Waals surface area (Å²) < 4.78 is 27.9. The van der Waals surface area contributed by atoms with Crippen molar-refractivity contribution in [3.63, 3.8) is 0 Å². The van der Waals surface area contributed by atoms with Gasteiger partial charge in [0.1, 0.15) is 66.2 Å². The van der Waals surface area contributed by atoms with Crippen LogP contribution in [-0.4, -0.2) is 151 Å². The highest BCUT2D eigenvalue weighted by Gasteiger charge is 2.56. The summed E-state index contributed by atoms with van der Waals surface area (Å²) in [6.45, 7) is 2.19. The second-order valence-electron chi connectivity index (χ2n) is 13.1. The van der Waals surface area contributed by atoms with Gasteiger partial charge in [0, 0.05) is 10.1 Å². The highest BCUT2D eigenvalue weighted by Crippen LogP contribution is 2.35. The van der Waals surface area contributed by atoms with Crippen LogP contribution in [-0.2, 0) is 38.1 Å². The second kappa shape index (κ2) is 20.8. The number of carbonyl (C=O) groups excluding carboxylic acids is 3. The molecule has 2 amide bonds. The molecule has 0 radical (unpaired) electrons. The molecule has 4 heterocycles. The van der Waals surface area contributed by atoms with Gasteiger partial charge >= 0.3 is 0 Å². The Morgan fingerprint density at radius 2 is 1.46 bits per heavy atom. The fourth-order valence-electron chi connectivity index (χ4n) is 6.03. The van der Waals surface area contributed by atoms with Gasteiger partial charge in [-0.05, 0) is 38.2 Å². The molecule has 0 spiro atoms. The van der Waals surface area contributed by atoms with Gasteiger partial charge in [0.2, 0.25) is 5.91 Å². The first-order valence-electron chi connectivity index (χ1n) is 17.4. The third-order valence-electron chi connectivity index (χ3n) is 8.96. The lowest BCUT2D eigenvalue weighted by Gasteiger charge is -2.46. The first-order chi connectivity index (χ1) is 26.5. The smallest absolute Gasteiger partial charge is 0.264 e. The lowest BCUT2D eigenvalue weighted by atomic mass is 10.0. The Morgan fingerprint density at radius 3 is 2.09 bits per heavy atom. The van der Waals surface area contributed by atoms with Crippen LogP contribution in [0.3, 0.4) is 0 Å². The molecule has 0 aromatic heterocycles. The van der Waals surface area contributed by atoms with Crippen LogP contribution in [0.1, 0.15) is 20.3 Å². The first-order valence-corrected chi connectivity index (χ1v) is 18.2. The maximum atomic E-state index is 13.8. The highest BCUT2D eigenvalue weighted by atomic mass is 35.5. The number of hydrogen-bond donors (Lipinski definition) is 8. The molecule has 0 bridgehead atoms. The normalized spacial score (nSPS) is 37.5. The molecule has 0 aromatic carbocycles. The van der Waals surface area contributed by atoms with Crippen molar-refractivity contribution in [2.75, 3.05) is 13.2 Å². The zero-order valence-electron chi connectivity index (χ0n) is 30.2. The summed E-state index contributed by atoms with van der Waals surface area (Å²) in [6.07, 6.45) is -0.244. The summed E-state index contributed by atoms with van der Waals surface area (Å²) in [6, 6.07) is -1.63. The van der Waals surface area contributed by atoms with Crippen molar-refractivity contribution in [3.8, 4) is 0 Å². The van der Waals surface area contributed by atoms with Gasteiger partial charge in [0.05, 0.1) is 25.7 Å². The average molecular weight is 830 g/mol. The van der Waals surface area contributed by atoms with E-state index in [0.29, 0.717) is 10.1 Å². The van der Waals surface area contributed by atoms with Gasteiger partial charge in [0.15, 0.2) is 24.6 Å². The number of allylic oxidation sites excluding steroid dienone is 14. The molecule has 9 N–H and O–H groups in total. The van der Waals surface area contributed by atoms with Crippen LogP contribution in [0.4, 0.5) is 0 Å². The quantitative estimate of drug-likeness (QED) is 0.0492. The highest BCUT2D eigenvalue weighted by molar-refractivity contribution is 6.31. The molecule has 4 aliphatic rings. The summed E-state index contributed by atoms with van der Waals surface area (Å²) in [4.78, 5) is 40.2. The molecule has 56 heavy (non-hydrogen) atoms. The van der Waals surface area contributed by atoms with E-state index < -0.39 is 128 Å². The predicted molar refractivity (Wildman–Crippen MR) is 198 cm³/mol. The van der Waals surface area contributed by atoms with Gasteiger partial charge < -0.3 is 65.2 Å². The maximum Gasteiger partial charge on any atom is 0.264 e. The molecule has 0 aliphatic carbocycles. The lowest BCUT2D eigenvalue weighted by molar-refractivity contribution is -0.338. The molecule has 13 atom stereocenters. The number of aliphatic hydroxyl groups excluding tert-OH is 7. The molecular weight excluding hydrogens is 783 g/mol. The zero-order chi connectivity index (χ0) is 41.3. The second-order valence-corrected chi connectivity index (χ2v) is 14.2. The summed E-state index contributed by atoms with van der Waals surface area (Å²) in [5.41, 5.74) is 4.68. The van der Waals surface area contributed by atoms with Crippen LogP contribution >= 0.6 is 23.2 Å².